The molecule has 0 heterocycles. The molecule has 18 heavy (non-hydrogen) atoms. The zero-order valence-electron chi connectivity index (χ0n) is 10.7. The van der Waals surface area contributed by atoms with E-state index < -0.39 is 17.5 Å². The van der Waals surface area contributed by atoms with Gasteiger partial charge in [0, 0.05) is 5.56 Å². The van der Waals surface area contributed by atoms with Crippen LogP contribution >= 0.6 is 0 Å². The highest BCUT2D eigenvalue weighted by atomic mass is 16.4. The summed E-state index contributed by atoms with van der Waals surface area (Å²) in [6.45, 7) is 4.46. The molecule has 5 nitrogen and oxygen atoms in total. The van der Waals surface area contributed by atoms with Gasteiger partial charge in [-0.2, -0.15) is 0 Å². The van der Waals surface area contributed by atoms with Gasteiger partial charge in [-0.05, 0) is 32.4 Å². The first-order valence-electron chi connectivity index (χ1n) is 5.55. The number of carboxylic acid groups (broad SMARTS) is 1. The monoisotopic (exact) mass is 251 g/mol. The topological polar surface area (TPSA) is 86.6 Å². The fourth-order valence-corrected chi connectivity index (χ4v) is 1.40. The molecule has 0 bridgehead atoms. The molecule has 0 fully saturated rings. The lowest BCUT2D eigenvalue weighted by Gasteiger charge is -2.18. The Bertz CT molecular complexity index is 480. The second-order valence-corrected chi connectivity index (χ2v) is 4.58. The minimum absolute atomic E-state index is 0.339. The predicted molar refractivity (Wildman–Crippen MR) is 66.5 cm³/mol. The molecule has 98 valence electrons. The molecule has 1 rings (SSSR count). The summed E-state index contributed by atoms with van der Waals surface area (Å²) in [7, 11) is 0. The van der Waals surface area contributed by atoms with E-state index in [9.17, 15) is 14.7 Å². The zero-order chi connectivity index (χ0) is 13.9. The molecule has 0 aliphatic rings. The molecule has 1 aromatic carbocycles. The number of carbonyl (C=O) groups excluding carboxylic acids is 1. The van der Waals surface area contributed by atoms with Gasteiger partial charge in [-0.3, -0.25) is 4.79 Å². The lowest BCUT2D eigenvalue weighted by Crippen LogP contribution is -2.46. The number of nitrogens with one attached hydrogen (secondary N) is 1. The van der Waals surface area contributed by atoms with E-state index >= 15 is 0 Å². The van der Waals surface area contributed by atoms with Crippen molar-refractivity contribution in [2.24, 2.45) is 0 Å². The molecule has 3 N–H and O–H groups in total. The van der Waals surface area contributed by atoms with E-state index in [1.807, 2.05) is 19.1 Å². The van der Waals surface area contributed by atoms with Crippen LogP contribution in [0.3, 0.4) is 0 Å². The highest BCUT2D eigenvalue weighted by molar-refractivity contribution is 5.96. The van der Waals surface area contributed by atoms with Gasteiger partial charge in [-0.15, -0.1) is 0 Å². The second-order valence-electron chi connectivity index (χ2n) is 4.58. The van der Waals surface area contributed by atoms with Gasteiger partial charge in [0.2, 0.25) is 0 Å². The van der Waals surface area contributed by atoms with Gasteiger partial charge in [0.1, 0.15) is 0 Å². The summed E-state index contributed by atoms with van der Waals surface area (Å²) in [5, 5.41) is 20.6. The fraction of sp³-hybridized carbons (Fsp3) is 0.385. The molecule has 0 saturated carbocycles. The minimum Gasteiger partial charge on any atom is -0.479 e. The van der Waals surface area contributed by atoms with Crippen molar-refractivity contribution in [3.63, 3.8) is 0 Å². The van der Waals surface area contributed by atoms with E-state index in [2.05, 4.69) is 5.32 Å². The SMILES string of the molecule is Cc1ccc(C)c(C(=O)NCC(C)(O)C(=O)O)c1. The quantitative estimate of drug-likeness (QED) is 0.741. The third kappa shape index (κ3) is 3.30. The van der Waals surface area contributed by atoms with Gasteiger partial charge in [-0.1, -0.05) is 17.7 Å². The first kappa shape index (κ1) is 14.2. The third-order valence-electron chi connectivity index (χ3n) is 2.69. The maximum absolute atomic E-state index is 11.9. The lowest BCUT2D eigenvalue weighted by atomic mass is 10.0. The average molecular weight is 251 g/mol. The smallest absolute Gasteiger partial charge is 0.337 e. The van der Waals surface area contributed by atoms with Crippen LogP contribution in [0.15, 0.2) is 18.2 Å². The van der Waals surface area contributed by atoms with Crippen molar-refractivity contribution in [1.29, 1.82) is 0 Å². The van der Waals surface area contributed by atoms with E-state index in [4.69, 9.17) is 5.11 Å². The zero-order valence-corrected chi connectivity index (χ0v) is 10.7. The highest BCUT2D eigenvalue weighted by Gasteiger charge is 2.30. The van der Waals surface area contributed by atoms with E-state index in [-0.39, 0.29) is 6.54 Å². The normalized spacial score (nSPS) is 13.8. The summed E-state index contributed by atoms with van der Waals surface area (Å²) in [6, 6.07) is 5.43. The van der Waals surface area contributed by atoms with Crippen molar-refractivity contribution in [2.45, 2.75) is 26.4 Å². The molecule has 5 heteroatoms. The third-order valence-corrected chi connectivity index (χ3v) is 2.69. The van der Waals surface area contributed by atoms with Crippen LogP contribution in [0.25, 0.3) is 0 Å². The summed E-state index contributed by atoms with van der Waals surface area (Å²) in [5.41, 5.74) is 0.257. The molecule has 0 aromatic heterocycles. The van der Waals surface area contributed by atoms with Crippen molar-refractivity contribution in [1.82, 2.24) is 5.32 Å². The minimum atomic E-state index is -1.96. The van der Waals surface area contributed by atoms with Crippen molar-refractivity contribution in [3.05, 3.63) is 34.9 Å². The number of hydrogen-bond donors (Lipinski definition) is 3. The van der Waals surface area contributed by atoms with Crippen LogP contribution in [0.5, 0.6) is 0 Å². The summed E-state index contributed by atoms with van der Waals surface area (Å²) < 4.78 is 0. The Hall–Kier alpha value is -1.88. The second kappa shape index (κ2) is 5.18. The Morgan fingerprint density at radius 3 is 2.50 bits per heavy atom. The summed E-state index contributed by atoms with van der Waals surface area (Å²) in [6.07, 6.45) is 0. The Morgan fingerprint density at radius 1 is 1.33 bits per heavy atom. The van der Waals surface area contributed by atoms with E-state index in [1.54, 1.807) is 13.0 Å². The average Bonchev–Trinajstić information content (AvgIpc) is 2.29. The summed E-state index contributed by atoms with van der Waals surface area (Å²) >= 11 is 0. The number of aliphatic carboxylic acids is 1. The number of amides is 1. The van der Waals surface area contributed by atoms with Gasteiger partial charge in [0.15, 0.2) is 5.60 Å². The van der Waals surface area contributed by atoms with Crippen molar-refractivity contribution in [3.8, 4) is 0 Å². The number of aliphatic hydroxyl groups is 1. The number of rotatable bonds is 4. The van der Waals surface area contributed by atoms with Gasteiger partial charge < -0.3 is 15.5 Å². The first-order chi connectivity index (χ1) is 8.24. The molecule has 1 amide bonds. The highest BCUT2D eigenvalue weighted by Crippen LogP contribution is 2.11. The standard InChI is InChI=1S/C13H17NO4/c1-8-4-5-9(2)10(6-8)11(15)14-7-13(3,18)12(16)17/h4-6,18H,7H2,1-3H3,(H,14,15)(H,16,17). The molecule has 1 atom stereocenters. The van der Waals surface area contributed by atoms with Crippen LogP contribution in [0.4, 0.5) is 0 Å². The molecule has 0 aliphatic carbocycles. The van der Waals surface area contributed by atoms with Crippen LogP contribution in [0, 0.1) is 13.8 Å². The van der Waals surface area contributed by atoms with E-state index in [0.717, 1.165) is 18.1 Å². The molecule has 0 spiro atoms. The Morgan fingerprint density at radius 2 is 1.94 bits per heavy atom. The largest absolute Gasteiger partial charge is 0.479 e. The Balaban J connectivity index is 2.78. The van der Waals surface area contributed by atoms with Gasteiger partial charge >= 0.3 is 5.97 Å². The van der Waals surface area contributed by atoms with Gasteiger partial charge in [0.05, 0.1) is 6.54 Å². The number of aryl methyl sites for hydroxylation is 2. The lowest BCUT2D eigenvalue weighted by molar-refractivity contribution is -0.155. The molecule has 0 aliphatic heterocycles. The van der Waals surface area contributed by atoms with Crippen LogP contribution in [-0.2, 0) is 4.79 Å². The molecular weight excluding hydrogens is 234 g/mol. The van der Waals surface area contributed by atoms with Gasteiger partial charge in [0.25, 0.3) is 5.91 Å². The number of benzene rings is 1. The van der Waals surface area contributed by atoms with Crippen molar-refractivity contribution < 1.29 is 19.8 Å². The molecular formula is C13H17NO4. The van der Waals surface area contributed by atoms with Crippen molar-refractivity contribution >= 4 is 11.9 Å². The number of carboxylic acids is 1. The van der Waals surface area contributed by atoms with E-state index in [0.29, 0.717) is 5.56 Å². The Kier molecular flexibility index (Phi) is 4.08. The predicted octanol–water partition coefficient (Wildman–Crippen LogP) is 0.869. The maximum Gasteiger partial charge on any atom is 0.337 e. The first-order valence-corrected chi connectivity index (χ1v) is 5.55. The molecule has 0 saturated heterocycles. The maximum atomic E-state index is 11.9. The molecule has 1 aromatic rings. The summed E-state index contributed by atoms with van der Waals surface area (Å²) in [4.78, 5) is 22.6. The van der Waals surface area contributed by atoms with Crippen LogP contribution in [-0.4, -0.2) is 34.2 Å². The summed E-state index contributed by atoms with van der Waals surface area (Å²) in [5.74, 6) is -1.76. The van der Waals surface area contributed by atoms with Crippen LogP contribution in [0.2, 0.25) is 0 Å². The molecule has 1 unspecified atom stereocenters. The fourth-order valence-electron chi connectivity index (χ4n) is 1.40. The van der Waals surface area contributed by atoms with Crippen LogP contribution < -0.4 is 5.32 Å². The molecule has 0 radical (unpaired) electrons. The number of carbonyl (C=O) groups is 2. The van der Waals surface area contributed by atoms with Crippen LogP contribution in [0.1, 0.15) is 28.4 Å². The van der Waals surface area contributed by atoms with E-state index in [1.165, 1.54) is 0 Å². The van der Waals surface area contributed by atoms with Crippen molar-refractivity contribution in [2.75, 3.05) is 6.54 Å². The number of hydrogen-bond acceptors (Lipinski definition) is 3. The van der Waals surface area contributed by atoms with Gasteiger partial charge in [-0.25, -0.2) is 4.79 Å². The Labute approximate surface area is 105 Å².